The number of nitrogens with zero attached hydrogens (tertiary/aromatic N) is 1. The molecular weight excluding hydrogens is 252 g/mol. The molecule has 4 heteroatoms. The van der Waals surface area contributed by atoms with Gasteiger partial charge >= 0.3 is 6.09 Å². The Hall–Kier alpha value is -2.02. The van der Waals surface area contributed by atoms with Crippen molar-refractivity contribution in [3.63, 3.8) is 0 Å². The fourth-order valence-corrected chi connectivity index (χ4v) is 2.25. The summed E-state index contributed by atoms with van der Waals surface area (Å²) in [5.41, 5.74) is 1.66. The first kappa shape index (κ1) is 16.0. The second-order valence-corrected chi connectivity index (χ2v) is 5.82. The summed E-state index contributed by atoms with van der Waals surface area (Å²) >= 11 is 0. The van der Waals surface area contributed by atoms with Crippen molar-refractivity contribution in [2.75, 3.05) is 0 Å². The topological polar surface area (TPSA) is 62.1 Å². The maximum Gasteiger partial charge on any atom is 0.408 e. The third-order valence-corrected chi connectivity index (χ3v) is 3.05. The summed E-state index contributed by atoms with van der Waals surface area (Å²) < 4.78 is 5.26. The van der Waals surface area contributed by atoms with Gasteiger partial charge < -0.3 is 10.1 Å². The van der Waals surface area contributed by atoms with Crippen molar-refractivity contribution in [1.29, 1.82) is 5.26 Å². The second kappa shape index (κ2) is 6.42. The summed E-state index contributed by atoms with van der Waals surface area (Å²) in [5.74, 6) is 0. The zero-order chi connectivity index (χ0) is 15.3. The van der Waals surface area contributed by atoms with Gasteiger partial charge in [0.15, 0.2) is 0 Å². The van der Waals surface area contributed by atoms with E-state index in [-0.39, 0.29) is 6.04 Å². The summed E-state index contributed by atoms with van der Waals surface area (Å²) in [6, 6.07) is 1.90. The average Bonchev–Trinajstić information content (AvgIpc) is 2.35. The monoisotopic (exact) mass is 274 g/mol. The molecule has 0 saturated heterocycles. The number of rotatable bonds is 3. The van der Waals surface area contributed by atoms with Gasteiger partial charge in [0.1, 0.15) is 5.60 Å². The van der Waals surface area contributed by atoms with Crippen LogP contribution in [0.4, 0.5) is 4.79 Å². The molecule has 108 valence electrons. The van der Waals surface area contributed by atoms with Gasteiger partial charge in [0, 0.05) is 5.57 Å². The van der Waals surface area contributed by atoms with Gasteiger partial charge in [-0.05, 0) is 51.2 Å². The van der Waals surface area contributed by atoms with Crippen LogP contribution in [-0.4, -0.2) is 17.7 Å². The Kier molecular flexibility index (Phi) is 5.15. The molecule has 0 aliphatic heterocycles. The van der Waals surface area contributed by atoms with Gasteiger partial charge in [-0.1, -0.05) is 19.2 Å². The highest BCUT2D eigenvalue weighted by Gasteiger charge is 2.26. The molecule has 0 aromatic carbocycles. The van der Waals surface area contributed by atoms with Crippen LogP contribution < -0.4 is 5.32 Å². The van der Waals surface area contributed by atoms with E-state index in [2.05, 4.69) is 24.5 Å². The van der Waals surface area contributed by atoms with Gasteiger partial charge in [-0.25, -0.2) is 4.79 Å². The Bertz CT molecular complexity index is 490. The molecule has 1 rings (SSSR count). The van der Waals surface area contributed by atoms with E-state index < -0.39 is 11.7 Å². The molecular formula is C16H22N2O2. The first-order valence-electron chi connectivity index (χ1n) is 6.73. The molecule has 0 fully saturated rings. The number of nitrogens with one attached hydrogen (secondary N) is 1. The molecule has 0 saturated carbocycles. The Labute approximate surface area is 120 Å². The van der Waals surface area contributed by atoms with Crippen LogP contribution >= 0.6 is 0 Å². The minimum Gasteiger partial charge on any atom is -0.444 e. The normalized spacial score (nSPS) is 19.0. The number of carbonyl (C=O) groups is 1. The number of hydrogen-bond donors (Lipinski definition) is 1. The summed E-state index contributed by atoms with van der Waals surface area (Å²) in [7, 11) is 0. The van der Waals surface area contributed by atoms with E-state index in [1.165, 1.54) is 0 Å². The average molecular weight is 274 g/mol. The number of amides is 1. The molecule has 1 aliphatic rings. The van der Waals surface area contributed by atoms with Crippen molar-refractivity contribution in [3.8, 4) is 6.07 Å². The van der Waals surface area contributed by atoms with Crippen LogP contribution in [0.15, 0.2) is 36.0 Å². The smallest absolute Gasteiger partial charge is 0.408 e. The fourth-order valence-electron chi connectivity index (χ4n) is 2.25. The first-order valence-corrected chi connectivity index (χ1v) is 6.73. The molecule has 1 aliphatic carbocycles. The zero-order valence-electron chi connectivity index (χ0n) is 12.5. The van der Waals surface area contributed by atoms with E-state index >= 15 is 0 Å². The molecule has 0 aromatic rings. The van der Waals surface area contributed by atoms with Crippen LogP contribution in [0.2, 0.25) is 0 Å². The molecule has 1 amide bonds. The largest absolute Gasteiger partial charge is 0.444 e. The summed E-state index contributed by atoms with van der Waals surface area (Å²) in [6.45, 7) is 13.0. The Morgan fingerprint density at radius 1 is 1.55 bits per heavy atom. The van der Waals surface area contributed by atoms with Gasteiger partial charge in [-0.3, -0.25) is 0 Å². The van der Waals surface area contributed by atoms with E-state index in [4.69, 9.17) is 10.00 Å². The SMILES string of the molecule is C=CC1=C(C(=C)C#N)CCC[C@@H]1NC(=O)OC(C)(C)C. The highest BCUT2D eigenvalue weighted by molar-refractivity contribution is 5.69. The van der Waals surface area contributed by atoms with Crippen molar-refractivity contribution in [3.05, 3.63) is 36.0 Å². The molecule has 20 heavy (non-hydrogen) atoms. The molecule has 1 atom stereocenters. The maximum absolute atomic E-state index is 11.9. The third kappa shape index (κ3) is 4.27. The van der Waals surface area contributed by atoms with Crippen LogP contribution in [0.3, 0.4) is 0 Å². The Morgan fingerprint density at radius 2 is 2.20 bits per heavy atom. The first-order chi connectivity index (χ1) is 9.28. The number of carbonyl (C=O) groups excluding carboxylic acids is 1. The van der Waals surface area contributed by atoms with Gasteiger partial charge in [0.25, 0.3) is 0 Å². The van der Waals surface area contributed by atoms with E-state index in [1.807, 2.05) is 20.8 Å². The molecule has 0 aromatic heterocycles. The van der Waals surface area contributed by atoms with Crippen LogP contribution in [0.25, 0.3) is 0 Å². The molecule has 1 N–H and O–H groups in total. The molecule has 0 unspecified atom stereocenters. The van der Waals surface area contributed by atoms with E-state index in [9.17, 15) is 4.79 Å². The highest BCUT2D eigenvalue weighted by Crippen LogP contribution is 2.30. The molecule has 0 bridgehead atoms. The minimum absolute atomic E-state index is 0.170. The quantitative estimate of drug-likeness (QED) is 0.799. The van der Waals surface area contributed by atoms with Gasteiger partial charge in [-0.2, -0.15) is 5.26 Å². The highest BCUT2D eigenvalue weighted by atomic mass is 16.6. The van der Waals surface area contributed by atoms with Crippen molar-refractivity contribution in [2.24, 2.45) is 0 Å². The number of allylic oxidation sites excluding steroid dienone is 2. The number of ether oxygens (including phenoxy) is 1. The Balaban J connectivity index is 2.90. The summed E-state index contributed by atoms with van der Waals surface area (Å²) in [6.07, 6.45) is 3.74. The second-order valence-electron chi connectivity index (χ2n) is 5.82. The predicted molar refractivity (Wildman–Crippen MR) is 79.0 cm³/mol. The van der Waals surface area contributed by atoms with Crippen LogP contribution in [0.5, 0.6) is 0 Å². The lowest BCUT2D eigenvalue weighted by molar-refractivity contribution is 0.0509. The summed E-state index contributed by atoms with van der Waals surface area (Å²) in [5, 5.41) is 11.8. The molecule has 4 nitrogen and oxygen atoms in total. The lowest BCUT2D eigenvalue weighted by Gasteiger charge is -2.29. The van der Waals surface area contributed by atoms with Crippen LogP contribution in [-0.2, 0) is 4.74 Å². The van der Waals surface area contributed by atoms with Crippen molar-refractivity contribution in [2.45, 2.75) is 51.7 Å². The van der Waals surface area contributed by atoms with E-state index in [0.29, 0.717) is 5.57 Å². The fraction of sp³-hybridized carbons (Fsp3) is 0.500. The lowest BCUT2D eigenvalue weighted by atomic mass is 9.84. The van der Waals surface area contributed by atoms with Gasteiger partial charge in [0.05, 0.1) is 12.1 Å². The standard InChI is InChI=1S/C16H22N2O2/c1-6-12-13(11(2)10-17)8-7-9-14(12)18-15(19)20-16(3,4)5/h6,14H,1-2,7-9H2,3-5H3,(H,18,19)/t14-/m0/s1. The lowest BCUT2D eigenvalue weighted by Crippen LogP contribution is -2.41. The molecule has 0 spiro atoms. The van der Waals surface area contributed by atoms with Crippen LogP contribution in [0.1, 0.15) is 40.0 Å². The third-order valence-electron chi connectivity index (χ3n) is 3.05. The van der Waals surface area contributed by atoms with E-state index in [1.54, 1.807) is 6.08 Å². The van der Waals surface area contributed by atoms with Gasteiger partial charge in [0.2, 0.25) is 0 Å². The zero-order valence-corrected chi connectivity index (χ0v) is 12.5. The number of hydrogen-bond acceptors (Lipinski definition) is 3. The minimum atomic E-state index is -0.532. The maximum atomic E-state index is 11.9. The van der Waals surface area contributed by atoms with Crippen molar-refractivity contribution >= 4 is 6.09 Å². The van der Waals surface area contributed by atoms with Crippen molar-refractivity contribution < 1.29 is 9.53 Å². The molecule has 0 heterocycles. The molecule has 0 radical (unpaired) electrons. The van der Waals surface area contributed by atoms with Gasteiger partial charge in [-0.15, -0.1) is 0 Å². The Morgan fingerprint density at radius 3 is 2.70 bits per heavy atom. The summed E-state index contributed by atoms with van der Waals surface area (Å²) in [4.78, 5) is 11.9. The number of alkyl carbamates (subject to hydrolysis) is 1. The predicted octanol–water partition coefficient (Wildman–Crippen LogP) is 3.63. The van der Waals surface area contributed by atoms with Crippen molar-refractivity contribution in [1.82, 2.24) is 5.32 Å². The number of nitriles is 1. The van der Waals surface area contributed by atoms with Crippen LogP contribution in [0, 0.1) is 11.3 Å². The van der Waals surface area contributed by atoms with E-state index in [0.717, 1.165) is 30.4 Å².